The maximum atomic E-state index is 12.6. The molecular formula is C16H19N3O6S. The first-order valence-electron chi connectivity index (χ1n) is 7.87. The molecule has 1 unspecified atom stereocenters. The van der Waals surface area contributed by atoms with Crippen LogP contribution >= 0.6 is 0 Å². The van der Waals surface area contributed by atoms with Gasteiger partial charge >= 0.3 is 5.69 Å². The Hall–Kier alpha value is -2.27. The molecule has 10 heteroatoms. The van der Waals surface area contributed by atoms with Gasteiger partial charge in [0.1, 0.15) is 18.1 Å². The van der Waals surface area contributed by atoms with Gasteiger partial charge in [-0.05, 0) is 25.1 Å². The van der Waals surface area contributed by atoms with Gasteiger partial charge in [0.05, 0.1) is 11.0 Å². The van der Waals surface area contributed by atoms with Crippen LogP contribution in [0.5, 0.6) is 0 Å². The predicted octanol–water partition coefficient (Wildman–Crippen LogP) is -0.425. The molecule has 0 radical (unpaired) electrons. The number of nitrogens with two attached hydrogens (primary N) is 1. The highest BCUT2D eigenvalue weighted by atomic mass is 32.2. The summed E-state index contributed by atoms with van der Waals surface area (Å²) in [4.78, 5) is 15.4. The lowest BCUT2D eigenvalue weighted by atomic mass is 10.2. The van der Waals surface area contributed by atoms with E-state index in [1.807, 2.05) is 0 Å². The number of aliphatic hydroxyl groups is 2. The summed E-state index contributed by atoms with van der Waals surface area (Å²) < 4.78 is 31.7. The Bertz CT molecular complexity index is 957. The lowest BCUT2D eigenvalue weighted by molar-refractivity contribution is -0.0587. The molecule has 1 aliphatic rings. The molecule has 4 N–H and O–H groups in total. The molecule has 4 atom stereocenters. The summed E-state index contributed by atoms with van der Waals surface area (Å²) in [6.45, 7) is 1.81. The maximum Gasteiger partial charge on any atom is 0.351 e. The second-order valence-electron chi connectivity index (χ2n) is 6.15. The minimum atomic E-state index is -4.15. The number of hydrogen-bond donors (Lipinski definition) is 3. The zero-order valence-electron chi connectivity index (χ0n) is 13.9. The predicted molar refractivity (Wildman–Crippen MR) is 91.8 cm³/mol. The number of rotatable bonds is 4. The van der Waals surface area contributed by atoms with Crippen LogP contribution in [0.3, 0.4) is 0 Å². The Morgan fingerprint density at radius 1 is 1.31 bits per heavy atom. The quantitative estimate of drug-likeness (QED) is 0.647. The highest BCUT2D eigenvalue weighted by Gasteiger charge is 2.45. The van der Waals surface area contributed by atoms with E-state index < -0.39 is 39.4 Å². The average Bonchev–Trinajstić information content (AvgIpc) is 2.95. The zero-order chi connectivity index (χ0) is 19.1. The molecule has 0 saturated carbocycles. The molecule has 0 amide bonds. The fourth-order valence-corrected chi connectivity index (χ4v) is 4.19. The summed E-state index contributed by atoms with van der Waals surface area (Å²) in [5.74, 6) is 0.0309. The van der Waals surface area contributed by atoms with E-state index in [2.05, 4.69) is 4.98 Å². The summed E-state index contributed by atoms with van der Waals surface area (Å²) in [7, 11) is -4.15. The second-order valence-corrected chi connectivity index (χ2v) is 8.19. The van der Waals surface area contributed by atoms with Crippen molar-refractivity contribution >= 4 is 15.7 Å². The van der Waals surface area contributed by atoms with Crippen molar-refractivity contribution in [3.63, 3.8) is 0 Å². The number of nitrogens with zero attached hydrogens (tertiary/aromatic N) is 2. The number of benzene rings is 1. The summed E-state index contributed by atoms with van der Waals surface area (Å²) in [6.07, 6.45) is -2.38. The largest absolute Gasteiger partial charge is 0.390 e. The summed E-state index contributed by atoms with van der Waals surface area (Å²) in [6, 6.07) is 7.34. The van der Waals surface area contributed by atoms with E-state index in [0.29, 0.717) is 0 Å². The number of aromatic nitrogens is 2. The van der Waals surface area contributed by atoms with Gasteiger partial charge in [-0.3, -0.25) is 4.57 Å². The van der Waals surface area contributed by atoms with Crippen molar-refractivity contribution in [2.45, 2.75) is 42.1 Å². The van der Waals surface area contributed by atoms with Crippen molar-refractivity contribution < 1.29 is 23.4 Å². The third-order valence-corrected chi connectivity index (χ3v) is 6.08. The standard InChI is InChI=1S/C16H19N3O6S/c1-9-2-4-10(5-3-9)26(23,24)15(21)14-11(20)8-13(25-14)19-7-6-12(17)18-16(19)22/h2-7,11,13-15,20-21H,8H2,1H3,(H2,17,18,22)/t11-,13+,14-,15?/m0/s1. The molecule has 1 aliphatic heterocycles. The molecule has 1 saturated heterocycles. The molecule has 2 heterocycles. The van der Waals surface area contributed by atoms with Crippen LogP contribution in [0.4, 0.5) is 5.82 Å². The van der Waals surface area contributed by atoms with Gasteiger partial charge in [0, 0.05) is 12.6 Å². The number of aryl methyl sites for hydroxylation is 1. The monoisotopic (exact) mass is 381 g/mol. The molecule has 1 aromatic heterocycles. The van der Waals surface area contributed by atoms with Gasteiger partial charge in [0.15, 0.2) is 5.44 Å². The van der Waals surface area contributed by atoms with E-state index in [1.54, 1.807) is 19.1 Å². The minimum absolute atomic E-state index is 0.0309. The number of ether oxygens (including phenoxy) is 1. The lowest BCUT2D eigenvalue weighted by Gasteiger charge is -2.21. The van der Waals surface area contributed by atoms with E-state index in [0.717, 1.165) is 10.1 Å². The van der Waals surface area contributed by atoms with Gasteiger partial charge in [-0.2, -0.15) is 4.98 Å². The van der Waals surface area contributed by atoms with Crippen molar-refractivity contribution in [3.8, 4) is 0 Å². The van der Waals surface area contributed by atoms with Crippen molar-refractivity contribution in [3.05, 3.63) is 52.6 Å². The molecule has 1 fully saturated rings. The van der Waals surface area contributed by atoms with Crippen molar-refractivity contribution in [2.75, 3.05) is 5.73 Å². The molecule has 140 valence electrons. The maximum absolute atomic E-state index is 12.6. The van der Waals surface area contributed by atoms with Crippen LogP contribution in [0.2, 0.25) is 0 Å². The smallest absolute Gasteiger partial charge is 0.351 e. The average molecular weight is 381 g/mol. The summed E-state index contributed by atoms with van der Waals surface area (Å²) in [5, 5.41) is 20.5. The van der Waals surface area contributed by atoms with E-state index in [4.69, 9.17) is 10.5 Å². The van der Waals surface area contributed by atoms with Crippen LogP contribution in [-0.2, 0) is 14.6 Å². The third-order valence-electron chi connectivity index (χ3n) is 4.25. The first-order valence-corrected chi connectivity index (χ1v) is 9.41. The van der Waals surface area contributed by atoms with E-state index in [1.165, 1.54) is 24.4 Å². The Morgan fingerprint density at radius 3 is 2.58 bits per heavy atom. The zero-order valence-corrected chi connectivity index (χ0v) is 14.7. The molecule has 1 aromatic carbocycles. The molecular weight excluding hydrogens is 362 g/mol. The van der Waals surface area contributed by atoms with Gasteiger partial charge < -0.3 is 20.7 Å². The molecule has 26 heavy (non-hydrogen) atoms. The van der Waals surface area contributed by atoms with Crippen LogP contribution in [0.1, 0.15) is 18.2 Å². The van der Waals surface area contributed by atoms with Gasteiger partial charge in [0.2, 0.25) is 9.84 Å². The first-order chi connectivity index (χ1) is 12.2. The molecule has 2 aromatic rings. The highest BCUT2D eigenvalue weighted by Crippen LogP contribution is 2.32. The van der Waals surface area contributed by atoms with Crippen LogP contribution in [-0.4, -0.2) is 45.8 Å². The number of sulfone groups is 1. The summed E-state index contributed by atoms with van der Waals surface area (Å²) in [5.41, 5.74) is 3.61. The molecule has 3 rings (SSSR count). The van der Waals surface area contributed by atoms with E-state index in [-0.39, 0.29) is 17.1 Å². The molecule has 0 spiro atoms. The van der Waals surface area contributed by atoms with E-state index >= 15 is 0 Å². The fourth-order valence-electron chi connectivity index (χ4n) is 2.79. The van der Waals surface area contributed by atoms with Crippen LogP contribution < -0.4 is 11.4 Å². The first kappa shape index (κ1) is 18.5. The highest BCUT2D eigenvalue weighted by molar-refractivity contribution is 7.92. The van der Waals surface area contributed by atoms with Crippen molar-refractivity contribution in [2.24, 2.45) is 0 Å². The van der Waals surface area contributed by atoms with Gasteiger partial charge in [-0.1, -0.05) is 17.7 Å². The number of aliphatic hydroxyl groups excluding tert-OH is 2. The Balaban J connectivity index is 1.85. The Kier molecular flexibility index (Phi) is 4.84. The fraction of sp³-hybridized carbons (Fsp3) is 0.375. The third kappa shape index (κ3) is 3.36. The Morgan fingerprint density at radius 2 is 1.96 bits per heavy atom. The number of nitrogen functional groups attached to an aromatic ring is 1. The van der Waals surface area contributed by atoms with Crippen LogP contribution in [0.25, 0.3) is 0 Å². The van der Waals surface area contributed by atoms with Gasteiger partial charge in [-0.15, -0.1) is 0 Å². The lowest BCUT2D eigenvalue weighted by Crippen LogP contribution is -2.40. The van der Waals surface area contributed by atoms with Gasteiger partial charge in [-0.25, -0.2) is 13.2 Å². The van der Waals surface area contributed by atoms with Crippen LogP contribution in [0.15, 0.2) is 46.2 Å². The molecule has 0 aliphatic carbocycles. The summed E-state index contributed by atoms with van der Waals surface area (Å²) >= 11 is 0. The van der Waals surface area contributed by atoms with E-state index in [9.17, 15) is 23.4 Å². The molecule has 9 nitrogen and oxygen atoms in total. The van der Waals surface area contributed by atoms with Crippen LogP contribution in [0, 0.1) is 6.92 Å². The number of anilines is 1. The molecule has 0 bridgehead atoms. The SMILES string of the molecule is Cc1ccc(S(=O)(=O)C(O)[C@H]2O[C@@H](n3ccc(N)nc3=O)C[C@@H]2O)cc1. The van der Waals surface area contributed by atoms with Crippen molar-refractivity contribution in [1.29, 1.82) is 0 Å². The Labute approximate surface area is 149 Å². The topological polar surface area (TPSA) is 145 Å². The second kappa shape index (κ2) is 6.80. The number of hydrogen-bond acceptors (Lipinski definition) is 8. The normalized spacial score (nSPS) is 24.5. The van der Waals surface area contributed by atoms with Crippen molar-refractivity contribution in [1.82, 2.24) is 9.55 Å². The van der Waals surface area contributed by atoms with Gasteiger partial charge in [0.25, 0.3) is 0 Å². The minimum Gasteiger partial charge on any atom is -0.390 e.